The molecule has 1 aliphatic heterocycles. The molecule has 0 aliphatic carbocycles. The zero-order valence-corrected chi connectivity index (χ0v) is 16.6. The molecular formula is C20H29ClN2O3. The van der Waals surface area contributed by atoms with Crippen LogP contribution in [0.1, 0.15) is 44.7 Å². The SMILES string of the molecule is COCCN1CC(C(=O)NC(CCC(C)C)c2ccc(Cl)cc2)CC1=O. The molecule has 2 unspecified atom stereocenters. The first-order valence-electron chi connectivity index (χ1n) is 9.23. The summed E-state index contributed by atoms with van der Waals surface area (Å²) in [5, 5.41) is 3.83. The Balaban J connectivity index is 2.01. The zero-order chi connectivity index (χ0) is 19.1. The van der Waals surface area contributed by atoms with Gasteiger partial charge in [-0.05, 0) is 36.5 Å². The Morgan fingerprint density at radius 2 is 2.00 bits per heavy atom. The molecule has 2 amide bonds. The molecule has 5 nitrogen and oxygen atoms in total. The second kappa shape index (κ2) is 9.93. The van der Waals surface area contributed by atoms with Crippen LogP contribution in [0, 0.1) is 11.8 Å². The number of benzene rings is 1. The summed E-state index contributed by atoms with van der Waals surface area (Å²) < 4.78 is 5.03. The van der Waals surface area contributed by atoms with E-state index in [1.807, 2.05) is 24.3 Å². The van der Waals surface area contributed by atoms with Crippen LogP contribution in [0.5, 0.6) is 0 Å². The summed E-state index contributed by atoms with van der Waals surface area (Å²) in [5.41, 5.74) is 1.05. The summed E-state index contributed by atoms with van der Waals surface area (Å²) in [5.74, 6) is 0.224. The molecule has 0 spiro atoms. The van der Waals surface area contributed by atoms with E-state index in [2.05, 4.69) is 19.2 Å². The molecule has 1 aromatic rings. The van der Waals surface area contributed by atoms with Crippen LogP contribution in [0.15, 0.2) is 24.3 Å². The van der Waals surface area contributed by atoms with Crippen molar-refractivity contribution in [3.05, 3.63) is 34.9 Å². The molecule has 1 fully saturated rings. The lowest BCUT2D eigenvalue weighted by molar-refractivity contribution is -0.129. The van der Waals surface area contributed by atoms with Gasteiger partial charge in [0.05, 0.1) is 18.6 Å². The van der Waals surface area contributed by atoms with Crippen LogP contribution < -0.4 is 5.32 Å². The third-order valence-electron chi connectivity index (χ3n) is 4.77. The van der Waals surface area contributed by atoms with Gasteiger partial charge in [0.1, 0.15) is 0 Å². The number of carbonyl (C=O) groups excluding carboxylic acids is 2. The molecule has 1 aliphatic rings. The summed E-state index contributed by atoms with van der Waals surface area (Å²) in [6, 6.07) is 7.54. The number of hydrogen-bond donors (Lipinski definition) is 1. The van der Waals surface area contributed by atoms with Crippen molar-refractivity contribution in [2.24, 2.45) is 11.8 Å². The Bertz CT molecular complexity index is 604. The number of likely N-dealkylation sites (tertiary alicyclic amines) is 1. The first kappa shape index (κ1) is 20.7. The van der Waals surface area contributed by atoms with Gasteiger partial charge in [0.25, 0.3) is 0 Å². The molecule has 0 radical (unpaired) electrons. The highest BCUT2D eigenvalue weighted by atomic mass is 35.5. The van der Waals surface area contributed by atoms with E-state index >= 15 is 0 Å². The number of ether oxygens (including phenoxy) is 1. The van der Waals surface area contributed by atoms with Crippen LogP contribution in [0.2, 0.25) is 5.02 Å². The van der Waals surface area contributed by atoms with E-state index < -0.39 is 0 Å². The summed E-state index contributed by atoms with van der Waals surface area (Å²) in [7, 11) is 1.61. The van der Waals surface area contributed by atoms with Gasteiger partial charge in [-0.15, -0.1) is 0 Å². The van der Waals surface area contributed by atoms with Crippen molar-refractivity contribution in [1.82, 2.24) is 10.2 Å². The first-order chi connectivity index (χ1) is 12.4. The summed E-state index contributed by atoms with van der Waals surface area (Å²) >= 11 is 5.99. The highest BCUT2D eigenvalue weighted by Gasteiger charge is 2.34. The lowest BCUT2D eigenvalue weighted by atomic mass is 9.96. The Hall–Kier alpha value is -1.59. The Labute approximate surface area is 161 Å². The minimum absolute atomic E-state index is 0.0208. The standard InChI is InChI=1S/C20H29ClN2O3/c1-14(2)4-9-18(15-5-7-17(21)8-6-15)22-20(25)16-12-19(24)23(13-16)10-11-26-3/h5-8,14,16,18H,4,9-13H2,1-3H3,(H,22,25). The normalized spacial score (nSPS) is 18.4. The summed E-state index contributed by atoms with van der Waals surface area (Å²) in [6.45, 7) is 5.83. The minimum Gasteiger partial charge on any atom is -0.383 e. The lowest BCUT2D eigenvalue weighted by Crippen LogP contribution is -2.36. The molecule has 0 bridgehead atoms. The molecule has 0 saturated carbocycles. The van der Waals surface area contributed by atoms with Gasteiger partial charge in [0.2, 0.25) is 11.8 Å². The van der Waals surface area contributed by atoms with Gasteiger partial charge in [-0.1, -0.05) is 37.6 Å². The van der Waals surface area contributed by atoms with Crippen molar-refractivity contribution in [2.75, 3.05) is 26.8 Å². The Morgan fingerprint density at radius 3 is 2.62 bits per heavy atom. The molecule has 0 aromatic heterocycles. The van der Waals surface area contributed by atoms with Crippen LogP contribution in [0.3, 0.4) is 0 Å². The third kappa shape index (κ3) is 5.99. The van der Waals surface area contributed by atoms with Crippen molar-refractivity contribution >= 4 is 23.4 Å². The van der Waals surface area contributed by atoms with Crippen LogP contribution >= 0.6 is 11.6 Å². The number of halogens is 1. The van der Waals surface area contributed by atoms with Crippen molar-refractivity contribution in [3.8, 4) is 0 Å². The van der Waals surface area contributed by atoms with Gasteiger partial charge in [-0.25, -0.2) is 0 Å². The molecule has 144 valence electrons. The Kier molecular flexibility index (Phi) is 7.91. The summed E-state index contributed by atoms with van der Waals surface area (Å²) in [4.78, 5) is 26.5. The molecule has 26 heavy (non-hydrogen) atoms. The van der Waals surface area contributed by atoms with E-state index in [1.165, 1.54) is 0 Å². The molecular weight excluding hydrogens is 352 g/mol. The fourth-order valence-electron chi connectivity index (χ4n) is 3.17. The van der Waals surface area contributed by atoms with Crippen molar-refractivity contribution in [1.29, 1.82) is 0 Å². The van der Waals surface area contributed by atoms with Gasteiger partial charge < -0.3 is 15.0 Å². The van der Waals surface area contributed by atoms with Crippen molar-refractivity contribution < 1.29 is 14.3 Å². The number of hydrogen-bond acceptors (Lipinski definition) is 3. The maximum atomic E-state index is 12.8. The Morgan fingerprint density at radius 1 is 1.31 bits per heavy atom. The number of rotatable bonds is 9. The lowest BCUT2D eigenvalue weighted by Gasteiger charge is -2.22. The predicted molar refractivity (Wildman–Crippen MR) is 103 cm³/mol. The van der Waals surface area contributed by atoms with E-state index in [0.29, 0.717) is 30.6 Å². The topological polar surface area (TPSA) is 58.6 Å². The molecule has 1 N–H and O–H groups in total. The monoisotopic (exact) mass is 380 g/mol. The molecule has 2 atom stereocenters. The first-order valence-corrected chi connectivity index (χ1v) is 9.61. The third-order valence-corrected chi connectivity index (χ3v) is 5.02. The zero-order valence-electron chi connectivity index (χ0n) is 15.8. The van der Waals surface area contributed by atoms with Gasteiger partial charge in [-0.3, -0.25) is 9.59 Å². The van der Waals surface area contributed by atoms with Gasteiger partial charge in [0, 0.05) is 31.6 Å². The number of amides is 2. The van der Waals surface area contributed by atoms with Crippen molar-refractivity contribution in [3.63, 3.8) is 0 Å². The molecule has 6 heteroatoms. The van der Waals surface area contributed by atoms with E-state index in [4.69, 9.17) is 16.3 Å². The van der Waals surface area contributed by atoms with E-state index in [9.17, 15) is 9.59 Å². The molecule has 1 aromatic carbocycles. The molecule has 2 rings (SSSR count). The second-order valence-electron chi connectivity index (χ2n) is 7.32. The van der Waals surface area contributed by atoms with E-state index in [-0.39, 0.29) is 30.2 Å². The van der Waals surface area contributed by atoms with Crippen molar-refractivity contribution in [2.45, 2.75) is 39.2 Å². The number of nitrogens with one attached hydrogen (secondary N) is 1. The van der Waals surface area contributed by atoms with Crippen LogP contribution in [-0.2, 0) is 14.3 Å². The summed E-state index contributed by atoms with van der Waals surface area (Å²) in [6.07, 6.45) is 2.14. The maximum absolute atomic E-state index is 12.8. The van der Waals surface area contributed by atoms with Gasteiger partial charge in [0.15, 0.2) is 0 Å². The largest absolute Gasteiger partial charge is 0.383 e. The smallest absolute Gasteiger partial charge is 0.225 e. The predicted octanol–water partition coefficient (Wildman–Crippen LogP) is 3.43. The fraction of sp³-hybridized carbons (Fsp3) is 0.600. The molecule has 1 saturated heterocycles. The second-order valence-corrected chi connectivity index (χ2v) is 7.75. The number of carbonyl (C=O) groups is 2. The minimum atomic E-state index is -0.298. The average molecular weight is 381 g/mol. The van der Waals surface area contributed by atoms with Gasteiger partial charge in [-0.2, -0.15) is 0 Å². The fourth-order valence-corrected chi connectivity index (χ4v) is 3.30. The maximum Gasteiger partial charge on any atom is 0.225 e. The number of nitrogens with zero attached hydrogens (tertiary/aromatic N) is 1. The van der Waals surface area contributed by atoms with Crippen LogP contribution in [0.25, 0.3) is 0 Å². The number of methoxy groups -OCH3 is 1. The van der Waals surface area contributed by atoms with E-state index in [0.717, 1.165) is 18.4 Å². The quantitative estimate of drug-likeness (QED) is 0.714. The van der Waals surface area contributed by atoms with E-state index in [1.54, 1.807) is 12.0 Å². The highest BCUT2D eigenvalue weighted by Crippen LogP contribution is 2.25. The van der Waals surface area contributed by atoms with Gasteiger partial charge >= 0.3 is 0 Å². The van der Waals surface area contributed by atoms with Crippen LogP contribution in [0.4, 0.5) is 0 Å². The highest BCUT2D eigenvalue weighted by molar-refractivity contribution is 6.30. The average Bonchev–Trinajstić information content (AvgIpc) is 2.98. The molecule has 1 heterocycles. The van der Waals surface area contributed by atoms with Crippen LogP contribution in [-0.4, -0.2) is 43.5 Å².